The van der Waals surface area contributed by atoms with E-state index < -0.39 is 12.2 Å². The van der Waals surface area contributed by atoms with Crippen molar-refractivity contribution in [2.24, 2.45) is 0 Å². The largest absolute Gasteiger partial charge is 0.497 e. The highest BCUT2D eigenvalue weighted by molar-refractivity contribution is 5.88. The molecule has 1 aromatic rings. The first-order chi connectivity index (χ1) is 8.69. The Morgan fingerprint density at radius 2 is 2.33 bits per heavy atom. The van der Waals surface area contributed by atoms with Gasteiger partial charge in [0.2, 0.25) is 0 Å². The summed E-state index contributed by atoms with van der Waals surface area (Å²) < 4.78 is 5.08. The number of methoxy groups -OCH3 is 1. The Morgan fingerprint density at radius 1 is 1.50 bits per heavy atom. The standard InChI is InChI=1S/C11H14N4O3/c1-18-8-4-2-3-7(5-8)6-12-10(16)9-13-11(17)15-14-9/h2-5,9,14H,6H2,1H3,(H,12,16)(H2,13,15,17). The molecule has 1 atom stereocenters. The molecule has 18 heavy (non-hydrogen) atoms. The average Bonchev–Trinajstić information content (AvgIpc) is 2.83. The van der Waals surface area contributed by atoms with Crippen LogP contribution in [0.3, 0.4) is 0 Å². The zero-order valence-corrected chi connectivity index (χ0v) is 9.82. The third kappa shape index (κ3) is 2.89. The highest BCUT2D eigenvalue weighted by Crippen LogP contribution is 2.12. The highest BCUT2D eigenvalue weighted by Gasteiger charge is 2.25. The quantitative estimate of drug-likeness (QED) is 0.577. The van der Waals surface area contributed by atoms with Gasteiger partial charge in [0.05, 0.1) is 7.11 Å². The van der Waals surface area contributed by atoms with Gasteiger partial charge in [-0.25, -0.2) is 10.2 Å². The molecule has 2 rings (SSSR count). The Kier molecular flexibility index (Phi) is 3.63. The predicted octanol–water partition coefficient (Wildman–Crippen LogP) is -0.545. The number of hydrazine groups is 1. The molecule has 96 valence electrons. The van der Waals surface area contributed by atoms with E-state index in [0.29, 0.717) is 6.54 Å². The molecule has 1 aromatic carbocycles. The zero-order chi connectivity index (χ0) is 13.0. The van der Waals surface area contributed by atoms with Crippen molar-refractivity contribution >= 4 is 11.9 Å². The molecule has 0 bridgehead atoms. The van der Waals surface area contributed by atoms with Crippen LogP contribution >= 0.6 is 0 Å². The molecule has 7 heteroatoms. The summed E-state index contributed by atoms with van der Waals surface area (Å²) in [6.45, 7) is 0.365. The molecular weight excluding hydrogens is 236 g/mol. The van der Waals surface area contributed by atoms with Gasteiger partial charge in [0.1, 0.15) is 5.75 Å². The second-order valence-electron chi connectivity index (χ2n) is 3.75. The van der Waals surface area contributed by atoms with E-state index >= 15 is 0 Å². The van der Waals surface area contributed by atoms with E-state index in [-0.39, 0.29) is 5.91 Å². The molecule has 1 fully saturated rings. The number of hydrogen-bond acceptors (Lipinski definition) is 4. The molecule has 0 spiro atoms. The average molecular weight is 250 g/mol. The van der Waals surface area contributed by atoms with E-state index in [2.05, 4.69) is 21.5 Å². The first-order valence-corrected chi connectivity index (χ1v) is 5.42. The minimum Gasteiger partial charge on any atom is -0.497 e. The van der Waals surface area contributed by atoms with Crippen LogP contribution in [-0.2, 0) is 11.3 Å². The summed E-state index contributed by atoms with van der Waals surface area (Å²) in [5, 5.41) is 5.12. The predicted molar refractivity (Wildman–Crippen MR) is 63.4 cm³/mol. The molecule has 0 radical (unpaired) electrons. The lowest BCUT2D eigenvalue weighted by Gasteiger charge is -2.10. The van der Waals surface area contributed by atoms with Crippen molar-refractivity contribution in [3.05, 3.63) is 29.8 Å². The highest BCUT2D eigenvalue weighted by atomic mass is 16.5. The van der Waals surface area contributed by atoms with E-state index in [4.69, 9.17) is 4.74 Å². The van der Waals surface area contributed by atoms with Crippen LogP contribution in [0.5, 0.6) is 5.75 Å². The summed E-state index contributed by atoms with van der Waals surface area (Å²) in [6.07, 6.45) is -0.747. The molecule has 1 unspecified atom stereocenters. The van der Waals surface area contributed by atoms with Crippen LogP contribution in [0.25, 0.3) is 0 Å². The summed E-state index contributed by atoms with van der Waals surface area (Å²) in [5.41, 5.74) is 5.72. The van der Waals surface area contributed by atoms with Crippen molar-refractivity contribution in [2.45, 2.75) is 12.7 Å². The van der Waals surface area contributed by atoms with Gasteiger partial charge in [0.25, 0.3) is 5.91 Å². The van der Waals surface area contributed by atoms with Crippen molar-refractivity contribution in [1.29, 1.82) is 0 Å². The van der Waals surface area contributed by atoms with Gasteiger partial charge in [-0.15, -0.1) is 0 Å². The third-order valence-corrected chi connectivity index (χ3v) is 2.47. The number of benzene rings is 1. The normalized spacial score (nSPS) is 17.8. The maximum Gasteiger partial charge on any atom is 0.330 e. The van der Waals surface area contributed by atoms with Crippen LogP contribution in [-0.4, -0.2) is 25.2 Å². The van der Waals surface area contributed by atoms with Crippen molar-refractivity contribution < 1.29 is 14.3 Å². The van der Waals surface area contributed by atoms with Crippen LogP contribution in [0, 0.1) is 0 Å². The lowest BCUT2D eigenvalue weighted by Crippen LogP contribution is -2.47. The molecule has 4 N–H and O–H groups in total. The Hall–Kier alpha value is -2.28. The fourth-order valence-corrected chi connectivity index (χ4v) is 1.55. The molecule has 0 aromatic heterocycles. The Morgan fingerprint density at radius 3 is 3.00 bits per heavy atom. The first-order valence-electron chi connectivity index (χ1n) is 5.42. The molecule has 1 heterocycles. The van der Waals surface area contributed by atoms with Gasteiger partial charge in [-0.05, 0) is 17.7 Å². The summed E-state index contributed by atoms with van der Waals surface area (Å²) in [5.74, 6) is 0.423. The van der Waals surface area contributed by atoms with Gasteiger partial charge in [-0.1, -0.05) is 12.1 Å². The lowest BCUT2D eigenvalue weighted by molar-refractivity contribution is -0.123. The number of rotatable bonds is 4. The topological polar surface area (TPSA) is 91.5 Å². The number of hydrogen-bond donors (Lipinski definition) is 4. The SMILES string of the molecule is COc1cccc(CNC(=O)C2NNC(=O)N2)c1. The van der Waals surface area contributed by atoms with Gasteiger partial charge < -0.3 is 15.4 Å². The molecule has 0 saturated carbocycles. The molecule has 1 aliphatic rings. The molecule has 0 aliphatic carbocycles. The van der Waals surface area contributed by atoms with Crippen LogP contribution in [0.4, 0.5) is 4.79 Å². The molecule has 7 nitrogen and oxygen atoms in total. The number of carbonyl (C=O) groups excluding carboxylic acids is 2. The van der Waals surface area contributed by atoms with Crippen LogP contribution in [0.2, 0.25) is 0 Å². The Bertz CT molecular complexity index is 463. The van der Waals surface area contributed by atoms with E-state index in [1.165, 1.54) is 0 Å². The fraction of sp³-hybridized carbons (Fsp3) is 0.273. The number of carbonyl (C=O) groups is 2. The minimum absolute atomic E-state index is 0.309. The number of urea groups is 1. The summed E-state index contributed by atoms with van der Waals surface area (Å²) in [7, 11) is 1.58. The number of ether oxygens (including phenoxy) is 1. The van der Waals surface area contributed by atoms with Crippen LogP contribution in [0.15, 0.2) is 24.3 Å². The third-order valence-electron chi connectivity index (χ3n) is 2.47. The molecule has 1 aliphatic heterocycles. The Labute approximate surface area is 104 Å². The maximum absolute atomic E-state index is 11.7. The minimum atomic E-state index is -0.747. The van der Waals surface area contributed by atoms with Gasteiger partial charge in [-0.3, -0.25) is 10.2 Å². The summed E-state index contributed by atoms with van der Waals surface area (Å²) in [4.78, 5) is 22.5. The van der Waals surface area contributed by atoms with E-state index in [1.54, 1.807) is 7.11 Å². The Balaban J connectivity index is 1.87. The molecule has 1 saturated heterocycles. The van der Waals surface area contributed by atoms with Crippen LogP contribution in [0.1, 0.15) is 5.56 Å². The summed E-state index contributed by atoms with van der Waals surface area (Å²) in [6, 6.07) is 6.96. The zero-order valence-electron chi connectivity index (χ0n) is 9.82. The first kappa shape index (κ1) is 12.2. The second kappa shape index (κ2) is 5.37. The number of amides is 3. The van der Waals surface area contributed by atoms with E-state index in [9.17, 15) is 9.59 Å². The van der Waals surface area contributed by atoms with E-state index in [0.717, 1.165) is 11.3 Å². The van der Waals surface area contributed by atoms with E-state index in [1.807, 2.05) is 24.3 Å². The summed E-state index contributed by atoms with van der Waals surface area (Å²) >= 11 is 0. The molecular formula is C11H14N4O3. The number of nitrogens with one attached hydrogen (secondary N) is 4. The fourth-order valence-electron chi connectivity index (χ4n) is 1.55. The van der Waals surface area contributed by atoms with Crippen molar-refractivity contribution in [2.75, 3.05) is 7.11 Å². The van der Waals surface area contributed by atoms with Crippen molar-refractivity contribution in [1.82, 2.24) is 21.5 Å². The van der Waals surface area contributed by atoms with Crippen molar-refractivity contribution in [3.8, 4) is 5.75 Å². The smallest absolute Gasteiger partial charge is 0.330 e. The van der Waals surface area contributed by atoms with Gasteiger partial charge in [-0.2, -0.15) is 0 Å². The van der Waals surface area contributed by atoms with Crippen LogP contribution < -0.4 is 26.2 Å². The van der Waals surface area contributed by atoms with Gasteiger partial charge in [0.15, 0.2) is 6.17 Å². The lowest BCUT2D eigenvalue weighted by atomic mass is 10.2. The van der Waals surface area contributed by atoms with Gasteiger partial charge in [0, 0.05) is 6.54 Å². The maximum atomic E-state index is 11.7. The second-order valence-corrected chi connectivity index (χ2v) is 3.75. The van der Waals surface area contributed by atoms with Gasteiger partial charge >= 0.3 is 6.03 Å². The van der Waals surface area contributed by atoms with Crippen molar-refractivity contribution in [3.63, 3.8) is 0 Å². The molecule has 3 amide bonds. The monoisotopic (exact) mass is 250 g/mol.